The molecule has 2 atom stereocenters. The van der Waals surface area contributed by atoms with Crippen LogP contribution in [0.4, 0.5) is 4.39 Å². The van der Waals surface area contributed by atoms with E-state index in [1.165, 1.54) is 13.2 Å². The summed E-state index contributed by atoms with van der Waals surface area (Å²) >= 11 is 0. The predicted octanol–water partition coefficient (Wildman–Crippen LogP) is 3.58. The number of ether oxygens (including phenoxy) is 1. The highest BCUT2D eigenvalue weighted by Gasteiger charge is 2.36. The molecule has 1 aromatic heterocycles. The molecule has 0 aliphatic carbocycles. The molecule has 8 nitrogen and oxygen atoms in total. The summed E-state index contributed by atoms with van der Waals surface area (Å²) in [6.07, 6.45) is 0.281. The highest BCUT2D eigenvalue weighted by atomic mass is 19.1. The number of amides is 2. The van der Waals surface area contributed by atoms with Crippen molar-refractivity contribution in [1.29, 1.82) is 0 Å². The molecule has 3 aromatic rings. The van der Waals surface area contributed by atoms with Crippen molar-refractivity contribution in [2.75, 3.05) is 13.7 Å². The Bertz CT molecular complexity index is 1260. The van der Waals surface area contributed by atoms with Gasteiger partial charge in [0.25, 0.3) is 11.8 Å². The number of nitrogens with zero attached hydrogens (tertiary/aromatic N) is 2. The topological polar surface area (TPSA) is 117 Å². The van der Waals surface area contributed by atoms with Crippen molar-refractivity contribution >= 4 is 17.8 Å². The lowest BCUT2D eigenvalue weighted by atomic mass is 9.92. The SMILES string of the molecule is COc1ccc(-c2ccc(CC[C@@H](O)[C@@H](CCN3C(=O)c4ccccc4C3=O)C(=O)O)c(F)c2)cn1. The van der Waals surface area contributed by atoms with E-state index in [0.29, 0.717) is 22.6 Å². The number of carbonyl (C=O) groups excluding carboxylic acids is 2. The standard InChI is InChI=1S/C27H25FN2O6/c1-36-24-11-9-18(15-29-24)17-7-6-16(22(28)14-17)8-10-23(31)21(27(34)35)12-13-30-25(32)19-4-2-3-5-20(19)26(30)33/h2-7,9,11,14-15,21,23,31H,8,10,12-13H2,1H3,(H,34,35)/t21-,23-/m1/s1. The van der Waals surface area contributed by atoms with Gasteiger partial charge >= 0.3 is 5.97 Å². The van der Waals surface area contributed by atoms with Gasteiger partial charge in [-0.3, -0.25) is 19.3 Å². The molecular formula is C27H25FN2O6. The number of hydrogen-bond acceptors (Lipinski definition) is 6. The molecule has 0 radical (unpaired) electrons. The molecule has 2 aromatic carbocycles. The second kappa shape index (κ2) is 10.7. The largest absolute Gasteiger partial charge is 0.481 e. The number of aliphatic carboxylic acids is 1. The van der Waals surface area contributed by atoms with E-state index in [1.807, 2.05) is 0 Å². The zero-order chi connectivity index (χ0) is 25.8. The summed E-state index contributed by atoms with van der Waals surface area (Å²) in [5, 5.41) is 20.2. The van der Waals surface area contributed by atoms with Gasteiger partial charge in [0, 0.05) is 24.4 Å². The molecule has 2 amide bonds. The van der Waals surface area contributed by atoms with Gasteiger partial charge in [0.15, 0.2) is 0 Å². The van der Waals surface area contributed by atoms with Crippen LogP contribution in [0.3, 0.4) is 0 Å². The Morgan fingerprint density at radius 3 is 2.25 bits per heavy atom. The van der Waals surface area contributed by atoms with Crippen LogP contribution in [0, 0.1) is 11.7 Å². The summed E-state index contributed by atoms with van der Waals surface area (Å²) in [6.45, 7) is -0.140. The first-order valence-corrected chi connectivity index (χ1v) is 11.4. The third kappa shape index (κ3) is 5.11. The number of carboxylic acid groups (broad SMARTS) is 1. The number of carboxylic acids is 1. The van der Waals surface area contributed by atoms with Crippen LogP contribution in [0.25, 0.3) is 11.1 Å². The Hall–Kier alpha value is -4.11. The molecule has 1 aliphatic rings. The fraction of sp³-hybridized carbons (Fsp3) is 0.259. The maximum Gasteiger partial charge on any atom is 0.309 e. The molecule has 4 rings (SSSR count). The smallest absolute Gasteiger partial charge is 0.309 e. The van der Waals surface area contributed by atoms with E-state index in [9.17, 15) is 29.0 Å². The summed E-state index contributed by atoms with van der Waals surface area (Å²) in [7, 11) is 1.50. The third-order valence-electron chi connectivity index (χ3n) is 6.36. The average molecular weight is 493 g/mol. The molecular weight excluding hydrogens is 467 g/mol. The van der Waals surface area contributed by atoms with Crippen LogP contribution in [0.2, 0.25) is 0 Å². The van der Waals surface area contributed by atoms with Gasteiger partial charge in [0.2, 0.25) is 5.88 Å². The number of hydrogen-bond donors (Lipinski definition) is 2. The molecule has 36 heavy (non-hydrogen) atoms. The maximum atomic E-state index is 14.7. The van der Waals surface area contributed by atoms with E-state index in [-0.39, 0.29) is 36.9 Å². The van der Waals surface area contributed by atoms with Gasteiger partial charge in [0.1, 0.15) is 5.82 Å². The molecule has 0 saturated carbocycles. The number of aromatic nitrogens is 1. The van der Waals surface area contributed by atoms with E-state index in [1.54, 1.807) is 54.7 Å². The summed E-state index contributed by atoms with van der Waals surface area (Å²) < 4.78 is 19.8. The fourth-order valence-electron chi connectivity index (χ4n) is 4.30. The zero-order valence-corrected chi connectivity index (χ0v) is 19.6. The molecule has 0 unspecified atom stereocenters. The fourth-order valence-corrected chi connectivity index (χ4v) is 4.30. The van der Waals surface area contributed by atoms with Crippen LogP contribution in [0.15, 0.2) is 60.8 Å². The lowest BCUT2D eigenvalue weighted by molar-refractivity contribution is -0.146. The minimum Gasteiger partial charge on any atom is -0.481 e. The first-order chi connectivity index (χ1) is 17.3. The van der Waals surface area contributed by atoms with Gasteiger partial charge in [0.05, 0.1) is 30.3 Å². The molecule has 0 fully saturated rings. The van der Waals surface area contributed by atoms with Crippen molar-refractivity contribution < 1.29 is 33.7 Å². The zero-order valence-electron chi connectivity index (χ0n) is 19.6. The minimum atomic E-state index is -1.29. The molecule has 2 heterocycles. The van der Waals surface area contributed by atoms with Crippen molar-refractivity contribution in [3.05, 3.63) is 83.3 Å². The number of benzene rings is 2. The quantitative estimate of drug-likeness (QED) is 0.416. The lowest BCUT2D eigenvalue weighted by Crippen LogP contribution is -2.36. The van der Waals surface area contributed by atoms with Crippen LogP contribution in [-0.4, -0.2) is 57.6 Å². The Labute approximate surface area is 207 Å². The lowest BCUT2D eigenvalue weighted by Gasteiger charge is -2.22. The number of fused-ring (bicyclic) bond motifs is 1. The predicted molar refractivity (Wildman–Crippen MR) is 128 cm³/mol. The number of aryl methyl sites for hydroxylation is 1. The first kappa shape index (κ1) is 25.0. The van der Waals surface area contributed by atoms with Crippen molar-refractivity contribution in [3.63, 3.8) is 0 Å². The number of halogens is 1. The highest BCUT2D eigenvalue weighted by molar-refractivity contribution is 6.21. The number of carbonyl (C=O) groups is 3. The van der Waals surface area contributed by atoms with Crippen molar-refractivity contribution in [2.24, 2.45) is 5.92 Å². The summed E-state index contributed by atoms with van der Waals surface area (Å²) in [5.74, 6) is -3.47. The highest BCUT2D eigenvalue weighted by Crippen LogP contribution is 2.26. The molecule has 186 valence electrons. The summed E-state index contributed by atoms with van der Waals surface area (Å²) in [5.41, 5.74) is 2.22. The van der Waals surface area contributed by atoms with Crippen LogP contribution in [0.1, 0.15) is 39.1 Å². The molecule has 1 aliphatic heterocycles. The average Bonchev–Trinajstić information content (AvgIpc) is 3.13. The second-order valence-electron chi connectivity index (χ2n) is 8.54. The molecule has 0 saturated heterocycles. The minimum absolute atomic E-state index is 0.000552. The van der Waals surface area contributed by atoms with Gasteiger partial charge in [-0.05, 0) is 54.7 Å². The van der Waals surface area contributed by atoms with E-state index in [0.717, 1.165) is 4.90 Å². The number of aliphatic hydroxyl groups excluding tert-OH is 1. The monoisotopic (exact) mass is 492 g/mol. The summed E-state index contributed by atoms with van der Waals surface area (Å²) in [6, 6.07) is 14.5. The van der Waals surface area contributed by atoms with Crippen LogP contribution in [0.5, 0.6) is 5.88 Å². The number of imide groups is 1. The van der Waals surface area contributed by atoms with Crippen molar-refractivity contribution in [3.8, 4) is 17.0 Å². The second-order valence-corrected chi connectivity index (χ2v) is 8.54. The van der Waals surface area contributed by atoms with Crippen molar-refractivity contribution in [1.82, 2.24) is 9.88 Å². The van der Waals surface area contributed by atoms with E-state index < -0.39 is 35.6 Å². The number of pyridine rings is 1. The van der Waals surface area contributed by atoms with Gasteiger partial charge in [-0.15, -0.1) is 0 Å². The first-order valence-electron chi connectivity index (χ1n) is 11.4. The molecule has 9 heteroatoms. The van der Waals surface area contributed by atoms with Gasteiger partial charge in [-0.2, -0.15) is 0 Å². The van der Waals surface area contributed by atoms with E-state index >= 15 is 0 Å². The summed E-state index contributed by atoms with van der Waals surface area (Å²) in [4.78, 5) is 42.0. The Morgan fingerprint density at radius 1 is 1.03 bits per heavy atom. The molecule has 2 N–H and O–H groups in total. The van der Waals surface area contributed by atoms with Gasteiger partial charge in [-0.25, -0.2) is 9.37 Å². The molecule has 0 spiro atoms. The van der Waals surface area contributed by atoms with E-state index in [2.05, 4.69) is 4.98 Å². The van der Waals surface area contributed by atoms with Gasteiger partial charge < -0.3 is 14.9 Å². The number of methoxy groups -OCH3 is 1. The maximum absolute atomic E-state index is 14.7. The normalized spacial score (nSPS) is 14.5. The molecule has 0 bridgehead atoms. The van der Waals surface area contributed by atoms with Gasteiger partial charge in [-0.1, -0.05) is 24.3 Å². The van der Waals surface area contributed by atoms with Crippen LogP contribution < -0.4 is 4.74 Å². The Morgan fingerprint density at radius 2 is 1.69 bits per heavy atom. The Kier molecular flexibility index (Phi) is 7.40. The number of aliphatic hydroxyl groups is 1. The van der Waals surface area contributed by atoms with E-state index in [4.69, 9.17) is 4.74 Å². The van der Waals surface area contributed by atoms with Crippen LogP contribution in [-0.2, 0) is 11.2 Å². The third-order valence-corrected chi connectivity index (χ3v) is 6.36. The van der Waals surface area contributed by atoms with Crippen molar-refractivity contribution in [2.45, 2.75) is 25.4 Å². The number of rotatable bonds is 10. The van der Waals surface area contributed by atoms with Crippen LogP contribution >= 0.6 is 0 Å². The Balaban J connectivity index is 1.37.